The van der Waals surface area contributed by atoms with Crippen LogP contribution in [0.3, 0.4) is 0 Å². The van der Waals surface area contributed by atoms with Crippen molar-refractivity contribution in [2.75, 3.05) is 36.5 Å². The predicted octanol–water partition coefficient (Wildman–Crippen LogP) is 0.508. The zero-order valence-corrected chi connectivity index (χ0v) is 10.7. The second-order valence-corrected chi connectivity index (χ2v) is 5.11. The lowest BCUT2D eigenvalue weighted by Gasteiger charge is -2.30. The second kappa shape index (κ2) is 5.54. The lowest BCUT2D eigenvalue weighted by Crippen LogP contribution is -2.49. The van der Waals surface area contributed by atoms with E-state index >= 15 is 0 Å². The standard InChI is InChI=1S/C10H19N5S/c1-8-7-15(5-4-11-8)10-12-9(13-14-10)3-6-16-2/h8,11H,3-7H2,1-2H3,(H,12,13,14)/t8-/m0/s1. The Morgan fingerprint density at radius 1 is 1.56 bits per heavy atom. The first-order chi connectivity index (χ1) is 7.79. The van der Waals surface area contributed by atoms with Crippen LogP contribution in [0.1, 0.15) is 12.7 Å². The van der Waals surface area contributed by atoms with E-state index in [1.165, 1.54) is 0 Å². The quantitative estimate of drug-likeness (QED) is 0.804. The molecule has 1 aromatic heterocycles. The summed E-state index contributed by atoms with van der Waals surface area (Å²) >= 11 is 1.83. The van der Waals surface area contributed by atoms with Crippen molar-refractivity contribution in [1.29, 1.82) is 0 Å². The lowest BCUT2D eigenvalue weighted by atomic mass is 10.2. The minimum absolute atomic E-state index is 0.516. The largest absolute Gasteiger partial charge is 0.337 e. The number of aromatic nitrogens is 3. The maximum atomic E-state index is 4.52. The fraction of sp³-hybridized carbons (Fsp3) is 0.800. The molecule has 0 saturated carbocycles. The molecule has 5 nitrogen and oxygen atoms in total. The van der Waals surface area contributed by atoms with E-state index in [-0.39, 0.29) is 0 Å². The van der Waals surface area contributed by atoms with Crippen LogP contribution in [0.4, 0.5) is 5.95 Å². The maximum Gasteiger partial charge on any atom is 0.244 e. The number of nitrogens with zero attached hydrogens (tertiary/aromatic N) is 3. The van der Waals surface area contributed by atoms with Gasteiger partial charge < -0.3 is 10.2 Å². The highest BCUT2D eigenvalue weighted by molar-refractivity contribution is 7.98. The summed E-state index contributed by atoms with van der Waals surface area (Å²) in [5.41, 5.74) is 0. The Kier molecular flexibility index (Phi) is 4.06. The molecule has 1 atom stereocenters. The van der Waals surface area contributed by atoms with Crippen molar-refractivity contribution in [3.8, 4) is 0 Å². The van der Waals surface area contributed by atoms with Crippen LogP contribution in [0.25, 0.3) is 0 Å². The third-order valence-electron chi connectivity index (χ3n) is 2.71. The molecule has 0 aromatic carbocycles. The fourth-order valence-electron chi connectivity index (χ4n) is 1.85. The minimum atomic E-state index is 0.516. The first-order valence-corrected chi connectivity index (χ1v) is 7.07. The summed E-state index contributed by atoms with van der Waals surface area (Å²) in [5.74, 6) is 2.94. The molecule has 2 heterocycles. The van der Waals surface area contributed by atoms with E-state index < -0.39 is 0 Å². The Morgan fingerprint density at radius 3 is 3.19 bits per heavy atom. The van der Waals surface area contributed by atoms with Crippen LogP contribution in [0.5, 0.6) is 0 Å². The van der Waals surface area contributed by atoms with E-state index in [1.807, 2.05) is 11.8 Å². The van der Waals surface area contributed by atoms with Gasteiger partial charge in [-0.25, -0.2) is 0 Å². The van der Waals surface area contributed by atoms with E-state index in [2.05, 4.69) is 38.6 Å². The summed E-state index contributed by atoms with van der Waals surface area (Å²) < 4.78 is 0. The highest BCUT2D eigenvalue weighted by Gasteiger charge is 2.18. The number of nitrogens with one attached hydrogen (secondary N) is 2. The van der Waals surface area contributed by atoms with Crippen molar-refractivity contribution >= 4 is 17.7 Å². The first-order valence-electron chi connectivity index (χ1n) is 5.68. The van der Waals surface area contributed by atoms with Gasteiger partial charge in [0.25, 0.3) is 0 Å². The summed E-state index contributed by atoms with van der Waals surface area (Å²) in [7, 11) is 0. The van der Waals surface area contributed by atoms with Crippen molar-refractivity contribution < 1.29 is 0 Å². The zero-order valence-electron chi connectivity index (χ0n) is 9.86. The van der Waals surface area contributed by atoms with E-state index in [0.717, 1.165) is 43.6 Å². The van der Waals surface area contributed by atoms with Gasteiger partial charge in [-0.15, -0.1) is 5.10 Å². The number of anilines is 1. The number of aromatic amines is 1. The predicted molar refractivity (Wildman–Crippen MR) is 68.1 cm³/mol. The Hall–Kier alpha value is -0.750. The van der Waals surface area contributed by atoms with Crippen molar-refractivity contribution in [1.82, 2.24) is 20.5 Å². The molecule has 1 aromatic rings. The normalized spacial score (nSPS) is 21.4. The van der Waals surface area contributed by atoms with E-state index in [9.17, 15) is 0 Å². The van der Waals surface area contributed by atoms with Crippen molar-refractivity contribution in [3.63, 3.8) is 0 Å². The minimum Gasteiger partial charge on any atom is -0.337 e. The van der Waals surface area contributed by atoms with Gasteiger partial charge >= 0.3 is 0 Å². The molecule has 6 heteroatoms. The van der Waals surface area contributed by atoms with Gasteiger partial charge in [0.05, 0.1) is 0 Å². The zero-order chi connectivity index (χ0) is 11.4. The molecule has 1 saturated heterocycles. The van der Waals surface area contributed by atoms with Crippen molar-refractivity contribution in [2.24, 2.45) is 0 Å². The Morgan fingerprint density at radius 2 is 2.44 bits per heavy atom. The number of hydrogen-bond donors (Lipinski definition) is 2. The number of rotatable bonds is 4. The van der Waals surface area contributed by atoms with Crippen LogP contribution in [-0.4, -0.2) is 52.9 Å². The Balaban J connectivity index is 1.95. The molecule has 0 radical (unpaired) electrons. The second-order valence-electron chi connectivity index (χ2n) is 4.13. The number of thioether (sulfide) groups is 1. The third kappa shape index (κ3) is 2.89. The van der Waals surface area contributed by atoms with Gasteiger partial charge in [0.2, 0.25) is 5.95 Å². The van der Waals surface area contributed by atoms with E-state index in [4.69, 9.17) is 0 Å². The van der Waals surface area contributed by atoms with Gasteiger partial charge in [0.15, 0.2) is 0 Å². The van der Waals surface area contributed by atoms with Gasteiger partial charge in [0, 0.05) is 37.8 Å². The van der Waals surface area contributed by atoms with Gasteiger partial charge in [-0.3, -0.25) is 5.10 Å². The number of H-pyrrole nitrogens is 1. The van der Waals surface area contributed by atoms with Gasteiger partial charge in [-0.1, -0.05) is 0 Å². The highest BCUT2D eigenvalue weighted by atomic mass is 32.2. The number of piperazine rings is 1. The average Bonchev–Trinajstić information content (AvgIpc) is 2.75. The molecule has 1 aliphatic rings. The van der Waals surface area contributed by atoms with Crippen LogP contribution in [0, 0.1) is 0 Å². The highest BCUT2D eigenvalue weighted by Crippen LogP contribution is 2.10. The number of aryl methyl sites for hydroxylation is 1. The fourth-order valence-corrected chi connectivity index (χ4v) is 2.25. The van der Waals surface area contributed by atoms with Crippen LogP contribution >= 0.6 is 11.8 Å². The van der Waals surface area contributed by atoms with Crippen LogP contribution in [0.2, 0.25) is 0 Å². The van der Waals surface area contributed by atoms with E-state index in [0.29, 0.717) is 6.04 Å². The maximum absolute atomic E-state index is 4.52. The molecular formula is C10H19N5S. The first kappa shape index (κ1) is 11.7. The monoisotopic (exact) mass is 241 g/mol. The summed E-state index contributed by atoms with van der Waals surface area (Å²) in [5, 5.41) is 10.7. The molecule has 0 unspecified atom stereocenters. The van der Waals surface area contributed by atoms with Gasteiger partial charge in [-0.05, 0) is 13.2 Å². The SMILES string of the molecule is CSCCc1nc(N2CCN[C@@H](C)C2)n[nH]1. The Labute approximate surface area is 100 Å². The molecule has 1 aliphatic heterocycles. The van der Waals surface area contributed by atoms with Crippen LogP contribution < -0.4 is 10.2 Å². The molecule has 2 rings (SSSR count). The summed E-state index contributed by atoms with van der Waals surface area (Å²) in [6, 6.07) is 0.516. The molecule has 0 aliphatic carbocycles. The molecule has 0 bridgehead atoms. The molecule has 16 heavy (non-hydrogen) atoms. The molecule has 0 spiro atoms. The van der Waals surface area contributed by atoms with Gasteiger partial charge in [-0.2, -0.15) is 16.7 Å². The van der Waals surface area contributed by atoms with Gasteiger partial charge in [0.1, 0.15) is 5.82 Å². The molecule has 2 N–H and O–H groups in total. The van der Waals surface area contributed by atoms with E-state index in [1.54, 1.807) is 0 Å². The van der Waals surface area contributed by atoms with Crippen LogP contribution in [-0.2, 0) is 6.42 Å². The Bertz CT molecular complexity index is 327. The van der Waals surface area contributed by atoms with Crippen molar-refractivity contribution in [3.05, 3.63) is 5.82 Å². The molecular weight excluding hydrogens is 222 g/mol. The van der Waals surface area contributed by atoms with Crippen molar-refractivity contribution in [2.45, 2.75) is 19.4 Å². The van der Waals surface area contributed by atoms with Crippen LogP contribution in [0.15, 0.2) is 0 Å². The molecule has 1 fully saturated rings. The summed E-state index contributed by atoms with van der Waals surface area (Å²) in [6.07, 6.45) is 3.07. The third-order valence-corrected chi connectivity index (χ3v) is 3.33. The smallest absolute Gasteiger partial charge is 0.244 e. The molecule has 0 amide bonds. The lowest BCUT2D eigenvalue weighted by molar-refractivity contribution is 0.480. The summed E-state index contributed by atoms with van der Waals surface area (Å²) in [6.45, 7) is 5.17. The average molecular weight is 241 g/mol. The topological polar surface area (TPSA) is 56.8 Å². The number of hydrogen-bond acceptors (Lipinski definition) is 5. The molecule has 90 valence electrons. The summed E-state index contributed by atoms with van der Waals surface area (Å²) in [4.78, 5) is 6.76.